The molecule has 12 heteroatoms. The second-order valence-corrected chi connectivity index (χ2v) is 11.2. The maximum Gasteiger partial charge on any atom is 0.573 e. The normalized spacial score (nSPS) is 14.6. The summed E-state index contributed by atoms with van der Waals surface area (Å²) in [5, 5.41) is 3.14. The van der Waals surface area contributed by atoms with E-state index in [1.165, 1.54) is 40.9 Å². The number of thioether (sulfide) groups is 1. The first-order valence-corrected chi connectivity index (χ1v) is 14.3. The Morgan fingerprint density at radius 2 is 1.81 bits per heavy atom. The van der Waals surface area contributed by atoms with E-state index in [0.29, 0.717) is 22.2 Å². The Morgan fingerprint density at radius 1 is 1.07 bits per heavy atom. The Balaban J connectivity index is 1.31. The molecule has 8 nitrogen and oxygen atoms in total. The molecule has 4 aromatic rings. The van der Waals surface area contributed by atoms with E-state index in [0.717, 1.165) is 27.9 Å². The van der Waals surface area contributed by atoms with Gasteiger partial charge < -0.3 is 14.6 Å². The van der Waals surface area contributed by atoms with E-state index in [1.54, 1.807) is 29.2 Å². The fourth-order valence-electron chi connectivity index (χ4n) is 4.64. The number of benzene rings is 3. The number of rotatable bonds is 6. The van der Waals surface area contributed by atoms with Crippen molar-refractivity contribution in [3.8, 4) is 22.7 Å². The molecule has 0 atom stereocenters. The summed E-state index contributed by atoms with van der Waals surface area (Å²) in [6.45, 7) is 7.90. The van der Waals surface area contributed by atoms with Crippen molar-refractivity contribution in [2.45, 2.75) is 40.0 Å². The van der Waals surface area contributed by atoms with E-state index in [1.807, 2.05) is 38.1 Å². The van der Waals surface area contributed by atoms with Crippen molar-refractivity contribution in [3.05, 3.63) is 89.9 Å². The SMILES string of the molecule is Cc1ccc(C(C)C)c(N2C(=O)CSC2=NC(=O)Nc2ccc(-c3cn(-c4ccc(OC(F)(F)F)cc4)cn3)cc2C)c1. The van der Waals surface area contributed by atoms with Crippen LogP contribution in [-0.4, -0.2) is 38.8 Å². The lowest BCUT2D eigenvalue weighted by Gasteiger charge is -2.22. The van der Waals surface area contributed by atoms with E-state index in [-0.39, 0.29) is 23.3 Å². The molecule has 1 aliphatic rings. The molecule has 5 rings (SSSR count). The number of nitrogens with one attached hydrogen (secondary N) is 1. The van der Waals surface area contributed by atoms with Crippen LogP contribution in [0, 0.1) is 13.8 Å². The number of amidine groups is 1. The number of anilines is 2. The standard InChI is InChI=1S/C31H28F3N5O3S/c1-18(2)24-11-5-19(3)13-27(24)39-28(40)16-43-30(39)37-29(41)36-25-12-6-21(14-20(25)4)26-15-38(17-35-26)22-7-9-23(10-8-22)42-31(32,33)34/h5-15,17-18H,16H2,1-4H3,(H,36,41). The van der Waals surface area contributed by atoms with Gasteiger partial charge in [0.1, 0.15) is 5.75 Å². The van der Waals surface area contributed by atoms with E-state index in [4.69, 9.17) is 0 Å². The third-order valence-corrected chi connectivity index (χ3v) is 7.65. The second kappa shape index (κ2) is 12.0. The van der Waals surface area contributed by atoms with Crippen molar-refractivity contribution in [1.29, 1.82) is 0 Å². The van der Waals surface area contributed by atoms with Crippen LogP contribution >= 0.6 is 11.8 Å². The number of imidazole rings is 1. The summed E-state index contributed by atoms with van der Waals surface area (Å²) < 4.78 is 42.9. The number of hydrogen-bond acceptors (Lipinski definition) is 5. The van der Waals surface area contributed by atoms with Crippen molar-refractivity contribution in [3.63, 3.8) is 0 Å². The molecule has 0 aliphatic carbocycles. The van der Waals surface area contributed by atoms with Gasteiger partial charge in [0, 0.05) is 23.1 Å². The van der Waals surface area contributed by atoms with Crippen LogP contribution in [0.25, 0.3) is 16.9 Å². The van der Waals surface area contributed by atoms with Crippen LogP contribution in [0.4, 0.5) is 29.3 Å². The first kappa shape index (κ1) is 29.9. The van der Waals surface area contributed by atoms with Gasteiger partial charge in [-0.3, -0.25) is 9.69 Å². The Morgan fingerprint density at radius 3 is 2.49 bits per heavy atom. The average molecular weight is 608 g/mol. The molecule has 1 N–H and O–H groups in total. The number of carbonyl (C=O) groups excluding carboxylic acids is 2. The maximum absolute atomic E-state index is 13.0. The topological polar surface area (TPSA) is 88.8 Å². The molecule has 222 valence electrons. The van der Waals surface area contributed by atoms with E-state index < -0.39 is 12.4 Å². The summed E-state index contributed by atoms with van der Waals surface area (Å²) in [6.07, 6.45) is -1.45. The van der Waals surface area contributed by atoms with E-state index in [2.05, 4.69) is 33.9 Å². The molecule has 43 heavy (non-hydrogen) atoms. The first-order chi connectivity index (χ1) is 20.4. The first-order valence-electron chi connectivity index (χ1n) is 13.3. The number of urea groups is 1. The van der Waals surface area contributed by atoms with Gasteiger partial charge >= 0.3 is 12.4 Å². The number of aromatic nitrogens is 2. The minimum atomic E-state index is -4.76. The number of alkyl halides is 3. The van der Waals surface area contributed by atoms with Gasteiger partial charge in [0.15, 0.2) is 5.17 Å². The molecule has 1 aromatic heterocycles. The average Bonchev–Trinajstić information content (AvgIpc) is 3.56. The Hall–Kier alpha value is -4.58. The largest absolute Gasteiger partial charge is 0.573 e. The molecule has 0 unspecified atom stereocenters. The third kappa shape index (κ3) is 6.91. The smallest absolute Gasteiger partial charge is 0.406 e. The van der Waals surface area contributed by atoms with Crippen molar-refractivity contribution in [1.82, 2.24) is 9.55 Å². The second-order valence-electron chi connectivity index (χ2n) is 10.3. The molecule has 1 aliphatic heterocycles. The number of hydrogen-bond donors (Lipinski definition) is 1. The maximum atomic E-state index is 13.0. The molecular weight excluding hydrogens is 579 g/mol. The van der Waals surface area contributed by atoms with Crippen LogP contribution < -0.4 is 15.0 Å². The highest BCUT2D eigenvalue weighted by molar-refractivity contribution is 8.15. The fraction of sp³-hybridized carbons (Fsp3) is 0.226. The predicted molar refractivity (Wildman–Crippen MR) is 162 cm³/mol. The summed E-state index contributed by atoms with van der Waals surface area (Å²) in [4.78, 5) is 36.0. The Bertz CT molecular complexity index is 1710. The quantitative estimate of drug-likeness (QED) is 0.241. The molecule has 3 amide bonds. The highest BCUT2D eigenvalue weighted by Gasteiger charge is 2.33. The molecule has 1 saturated heterocycles. The van der Waals surface area contributed by atoms with Gasteiger partial charge in [-0.2, -0.15) is 4.99 Å². The summed E-state index contributed by atoms with van der Waals surface area (Å²) in [5.74, 6) is -0.0652. The van der Waals surface area contributed by atoms with Crippen LogP contribution in [0.5, 0.6) is 5.75 Å². The monoisotopic (exact) mass is 607 g/mol. The van der Waals surface area contributed by atoms with Gasteiger partial charge in [-0.15, -0.1) is 13.2 Å². The number of aryl methyl sites for hydroxylation is 2. The predicted octanol–water partition coefficient (Wildman–Crippen LogP) is 7.85. The number of nitrogens with zero attached hydrogens (tertiary/aromatic N) is 4. The lowest BCUT2D eigenvalue weighted by molar-refractivity contribution is -0.274. The molecule has 2 heterocycles. The molecule has 3 aromatic carbocycles. The fourth-order valence-corrected chi connectivity index (χ4v) is 5.50. The minimum Gasteiger partial charge on any atom is -0.406 e. The molecular formula is C31H28F3N5O3S. The van der Waals surface area contributed by atoms with Gasteiger partial charge in [-0.25, -0.2) is 9.78 Å². The molecule has 1 fully saturated rings. The molecule has 0 radical (unpaired) electrons. The van der Waals surface area contributed by atoms with Crippen LogP contribution in [0.3, 0.4) is 0 Å². The Kier molecular flexibility index (Phi) is 8.32. The van der Waals surface area contributed by atoms with E-state index in [9.17, 15) is 22.8 Å². The van der Waals surface area contributed by atoms with Crippen molar-refractivity contribution < 1.29 is 27.5 Å². The molecule has 0 spiro atoms. The highest BCUT2D eigenvalue weighted by Crippen LogP contribution is 2.34. The van der Waals surface area contributed by atoms with E-state index >= 15 is 0 Å². The molecule has 0 bridgehead atoms. The van der Waals surface area contributed by atoms with Crippen LogP contribution in [0.2, 0.25) is 0 Å². The lowest BCUT2D eigenvalue weighted by Crippen LogP contribution is -2.31. The third-order valence-electron chi connectivity index (χ3n) is 6.73. The van der Waals surface area contributed by atoms with Crippen molar-refractivity contribution in [2.75, 3.05) is 16.0 Å². The van der Waals surface area contributed by atoms with Crippen molar-refractivity contribution >= 4 is 40.2 Å². The number of ether oxygens (including phenoxy) is 1. The van der Waals surface area contributed by atoms with Crippen molar-refractivity contribution in [2.24, 2.45) is 4.99 Å². The number of amides is 3. The van der Waals surface area contributed by atoms with Gasteiger partial charge in [0.25, 0.3) is 0 Å². The van der Waals surface area contributed by atoms with Gasteiger partial charge in [0.2, 0.25) is 5.91 Å². The molecule has 0 saturated carbocycles. The number of aliphatic imine (C=N–C) groups is 1. The summed E-state index contributed by atoms with van der Waals surface area (Å²) in [5.41, 5.74) is 6.07. The Labute approximate surface area is 250 Å². The zero-order valence-corrected chi connectivity index (χ0v) is 24.6. The summed E-state index contributed by atoms with van der Waals surface area (Å²) in [6, 6.07) is 16.2. The highest BCUT2D eigenvalue weighted by atomic mass is 32.2. The number of halogens is 3. The van der Waals surface area contributed by atoms with Gasteiger partial charge in [0.05, 0.1) is 23.5 Å². The van der Waals surface area contributed by atoms with Crippen LogP contribution in [0.15, 0.2) is 78.2 Å². The van der Waals surface area contributed by atoms with Gasteiger partial charge in [-0.1, -0.05) is 43.8 Å². The zero-order valence-electron chi connectivity index (χ0n) is 23.8. The minimum absolute atomic E-state index is 0.130. The summed E-state index contributed by atoms with van der Waals surface area (Å²) >= 11 is 1.22. The van der Waals surface area contributed by atoms with Crippen LogP contribution in [-0.2, 0) is 4.79 Å². The summed E-state index contributed by atoms with van der Waals surface area (Å²) in [7, 11) is 0. The number of carbonyl (C=O) groups is 2. The lowest BCUT2D eigenvalue weighted by atomic mass is 9.99. The van der Waals surface area contributed by atoms with Gasteiger partial charge in [-0.05, 0) is 78.9 Å². The zero-order chi connectivity index (χ0) is 30.9. The van der Waals surface area contributed by atoms with Crippen LogP contribution in [0.1, 0.15) is 36.5 Å².